The first kappa shape index (κ1) is 31.0. The molecule has 0 spiro atoms. The predicted octanol–water partition coefficient (Wildman–Crippen LogP) is 5.89. The molecule has 1 N–H and O–H groups in total. The maximum absolute atomic E-state index is 14.8. The molecule has 3 rings (SSSR count). The Morgan fingerprint density at radius 2 is 1.57 bits per heavy atom. The summed E-state index contributed by atoms with van der Waals surface area (Å²) < 4.78 is 128. The van der Waals surface area contributed by atoms with E-state index in [0.29, 0.717) is 17.0 Å². The van der Waals surface area contributed by atoms with E-state index >= 15 is 0 Å². The highest BCUT2D eigenvalue weighted by atomic mass is 19.4. The molecule has 1 heterocycles. The maximum Gasteiger partial charge on any atom is 0.411 e. The number of aliphatic hydroxyl groups is 1. The summed E-state index contributed by atoms with van der Waals surface area (Å²) in [5.74, 6) is -9.31. The largest absolute Gasteiger partial charge is 0.487 e. The average Bonchev–Trinajstić information content (AvgIpc) is 3.20. The first-order chi connectivity index (χ1) is 18.3. The molecule has 15 heteroatoms. The number of aliphatic hydroxyl groups excluding tert-OH is 1. The van der Waals surface area contributed by atoms with Gasteiger partial charge in [-0.3, -0.25) is 0 Å². The molecule has 0 radical (unpaired) electrons. The van der Waals surface area contributed by atoms with E-state index in [1.54, 1.807) is 0 Å². The third-order valence-electron chi connectivity index (χ3n) is 6.05. The number of hydrogen-bond acceptors (Lipinski definition) is 4. The van der Waals surface area contributed by atoms with Crippen molar-refractivity contribution in [1.29, 1.82) is 0 Å². The monoisotopic (exact) mass is 585 g/mol. The Morgan fingerprint density at radius 1 is 0.975 bits per heavy atom. The number of halogens is 9. The fourth-order valence-corrected chi connectivity index (χ4v) is 3.95. The van der Waals surface area contributed by atoms with Crippen molar-refractivity contribution in [3.63, 3.8) is 0 Å². The second-order valence-electron chi connectivity index (χ2n) is 10.1. The fraction of sp³-hybridized carbons (Fsp3) is 0.440. The molecule has 2 unspecified atom stereocenters. The normalized spacial score (nSPS) is 15.2. The zero-order chi connectivity index (χ0) is 30.2. The van der Waals surface area contributed by atoms with Crippen molar-refractivity contribution < 1.29 is 49.4 Å². The third-order valence-corrected chi connectivity index (χ3v) is 6.05. The van der Waals surface area contributed by atoms with Crippen molar-refractivity contribution in [3.8, 4) is 11.4 Å². The molecule has 3 aromatic rings. The quantitative estimate of drug-likeness (QED) is 0.319. The van der Waals surface area contributed by atoms with Gasteiger partial charge in [0.1, 0.15) is 23.7 Å². The van der Waals surface area contributed by atoms with Gasteiger partial charge in [0.15, 0.2) is 12.6 Å². The SMILES string of the molecule is CC(C)(C)[C@H](O)C(c1ccc(F)cc1F)C(n1ncn(-c2ccc(OCC(F)(F)C(F)F)cc2)c1=O)C(F)(F)F. The Balaban J connectivity index is 2.06. The topological polar surface area (TPSA) is 69.3 Å². The van der Waals surface area contributed by atoms with E-state index in [2.05, 4.69) is 9.84 Å². The van der Waals surface area contributed by atoms with Crippen LogP contribution in [0.1, 0.15) is 38.3 Å². The van der Waals surface area contributed by atoms with Gasteiger partial charge in [-0.15, -0.1) is 0 Å². The Morgan fingerprint density at radius 3 is 2.08 bits per heavy atom. The van der Waals surface area contributed by atoms with E-state index in [9.17, 15) is 49.4 Å². The zero-order valence-electron chi connectivity index (χ0n) is 21.1. The first-order valence-corrected chi connectivity index (χ1v) is 11.6. The number of benzene rings is 2. The molecule has 0 aliphatic rings. The van der Waals surface area contributed by atoms with Crippen LogP contribution in [0.5, 0.6) is 5.75 Å². The Labute approximate surface area is 221 Å². The number of rotatable bonds is 9. The van der Waals surface area contributed by atoms with E-state index < -0.39 is 71.5 Å². The number of alkyl halides is 7. The molecule has 0 fully saturated rings. The molecule has 1 aromatic heterocycles. The van der Waals surface area contributed by atoms with Crippen LogP contribution in [0.4, 0.5) is 39.5 Å². The maximum atomic E-state index is 14.8. The highest BCUT2D eigenvalue weighted by molar-refractivity contribution is 5.37. The van der Waals surface area contributed by atoms with Crippen molar-refractivity contribution in [1.82, 2.24) is 14.3 Å². The number of aromatic nitrogens is 3. The minimum absolute atomic E-state index is 0.00995. The molecule has 0 saturated heterocycles. The lowest BCUT2D eigenvalue weighted by molar-refractivity contribution is -0.188. The van der Waals surface area contributed by atoms with Gasteiger partial charge in [0, 0.05) is 12.0 Å². The first-order valence-electron chi connectivity index (χ1n) is 11.6. The molecule has 40 heavy (non-hydrogen) atoms. The minimum Gasteiger partial charge on any atom is -0.487 e. The van der Waals surface area contributed by atoms with Gasteiger partial charge in [0.25, 0.3) is 0 Å². The molecule has 0 amide bonds. The third kappa shape index (κ3) is 6.62. The van der Waals surface area contributed by atoms with E-state index in [1.165, 1.54) is 20.8 Å². The molecule has 0 saturated carbocycles. The van der Waals surface area contributed by atoms with Gasteiger partial charge in [0.2, 0.25) is 0 Å². The van der Waals surface area contributed by atoms with E-state index in [0.717, 1.165) is 36.4 Å². The zero-order valence-corrected chi connectivity index (χ0v) is 21.1. The van der Waals surface area contributed by atoms with Crippen molar-refractivity contribution in [2.24, 2.45) is 5.41 Å². The molecule has 3 atom stereocenters. The average molecular weight is 585 g/mol. The molecule has 6 nitrogen and oxygen atoms in total. The molecular weight excluding hydrogens is 561 g/mol. The fourth-order valence-electron chi connectivity index (χ4n) is 3.95. The van der Waals surface area contributed by atoms with Gasteiger partial charge >= 0.3 is 24.2 Å². The number of nitrogens with zero attached hydrogens (tertiary/aromatic N) is 3. The summed E-state index contributed by atoms with van der Waals surface area (Å²) in [6, 6.07) is 3.10. The lowest BCUT2D eigenvalue weighted by Gasteiger charge is -2.38. The standard InChI is InChI=1S/C25H24F9N3O3/c1-23(2,3)20(38)18(16-9-4-13(26)10-17(16)27)19(25(32,33)34)37-22(39)36(12-35-37)14-5-7-15(8-6-14)40-11-24(30,31)21(28)29/h4-10,12,18-21,38H,11H2,1-3H3/t18?,19?,20-/m1/s1. The summed E-state index contributed by atoms with van der Waals surface area (Å²) in [5, 5.41) is 14.5. The van der Waals surface area contributed by atoms with Gasteiger partial charge in [-0.1, -0.05) is 26.8 Å². The molecule has 0 aliphatic carbocycles. The van der Waals surface area contributed by atoms with E-state index in [1.807, 2.05) is 0 Å². The van der Waals surface area contributed by atoms with Crippen LogP contribution in [0.3, 0.4) is 0 Å². The summed E-state index contributed by atoms with van der Waals surface area (Å²) in [5.41, 5.74) is -3.44. The molecular formula is C25H24F9N3O3. The van der Waals surface area contributed by atoms with Crippen molar-refractivity contribution >= 4 is 0 Å². The van der Waals surface area contributed by atoms with Crippen LogP contribution in [0.2, 0.25) is 0 Å². The van der Waals surface area contributed by atoms with E-state index in [4.69, 9.17) is 0 Å². The van der Waals surface area contributed by atoms with Crippen molar-refractivity contribution in [3.05, 3.63) is 76.5 Å². The predicted molar refractivity (Wildman–Crippen MR) is 124 cm³/mol. The van der Waals surface area contributed by atoms with Crippen LogP contribution in [-0.4, -0.2) is 50.7 Å². The Hall–Kier alpha value is -3.49. The van der Waals surface area contributed by atoms with Crippen LogP contribution >= 0.6 is 0 Å². The van der Waals surface area contributed by atoms with Crippen LogP contribution in [0.15, 0.2) is 53.6 Å². The van der Waals surface area contributed by atoms with Crippen LogP contribution in [0, 0.1) is 17.0 Å². The Bertz CT molecular complexity index is 1360. The summed E-state index contributed by atoms with van der Waals surface area (Å²) in [4.78, 5) is 13.1. The number of ether oxygens (including phenoxy) is 1. The summed E-state index contributed by atoms with van der Waals surface area (Å²) in [7, 11) is 0. The molecule has 0 aliphatic heterocycles. The summed E-state index contributed by atoms with van der Waals surface area (Å²) >= 11 is 0. The van der Waals surface area contributed by atoms with Gasteiger partial charge in [-0.05, 0) is 41.3 Å². The minimum atomic E-state index is -5.27. The lowest BCUT2D eigenvalue weighted by Crippen LogP contribution is -2.46. The second-order valence-corrected chi connectivity index (χ2v) is 10.1. The molecule has 220 valence electrons. The second kappa shape index (κ2) is 11.2. The molecule has 0 bridgehead atoms. The highest BCUT2D eigenvalue weighted by Crippen LogP contribution is 2.46. The van der Waals surface area contributed by atoms with E-state index in [-0.39, 0.29) is 16.1 Å². The van der Waals surface area contributed by atoms with Crippen LogP contribution < -0.4 is 10.4 Å². The Kier molecular flexibility index (Phi) is 8.67. The molecule has 2 aromatic carbocycles. The van der Waals surface area contributed by atoms with Crippen LogP contribution in [0.25, 0.3) is 5.69 Å². The summed E-state index contributed by atoms with van der Waals surface area (Å²) in [6.07, 6.45) is -10.4. The van der Waals surface area contributed by atoms with Gasteiger partial charge in [0.05, 0.1) is 11.8 Å². The summed E-state index contributed by atoms with van der Waals surface area (Å²) in [6.45, 7) is 2.53. The highest BCUT2D eigenvalue weighted by Gasteiger charge is 2.53. The van der Waals surface area contributed by atoms with Crippen molar-refractivity contribution in [2.75, 3.05) is 6.61 Å². The number of hydrogen-bond donors (Lipinski definition) is 1. The van der Waals surface area contributed by atoms with Gasteiger partial charge in [-0.25, -0.2) is 31.6 Å². The van der Waals surface area contributed by atoms with Gasteiger partial charge in [-0.2, -0.15) is 27.1 Å². The van der Waals surface area contributed by atoms with Crippen molar-refractivity contribution in [2.45, 2.75) is 57.4 Å². The van der Waals surface area contributed by atoms with Crippen LogP contribution in [-0.2, 0) is 0 Å². The van der Waals surface area contributed by atoms with Gasteiger partial charge < -0.3 is 9.84 Å². The lowest BCUT2D eigenvalue weighted by atomic mass is 9.74. The smallest absolute Gasteiger partial charge is 0.411 e.